The summed E-state index contributed by atoms with van der Waals surface area (Å²) in [5.41, 5.74) is 9.51. The zero-order chi connectivity index (χ0) is 25.9. The summed E-state index contributed by atoms with van der Waals surface area (Å²) in [6.45, 7) is 4.43. The molecule has 0 radical (unpaired) electrons. The van der Waals surface area contributed by atoms with Gasteiger partial charge in [-0.1, -0.05) is 0 Å². The number of fused-ring (bicyclic) bond motifs is 1. The van der Waals surface area contributed by atoms with Crippen molar-refractivity contribution in [1.29, 1.82) is 0 Å². The number of likely N-dealkylation sites (N-methyl/N-ethyl adjacent to an activating group) is 1. The SMILES string of the molecule is CN1CCN(Cc2cc3c(nc2C=O)N(C(=O)Nc2cc(N4CCCCC4)c(N)cn2)CCC3)C(=O)C1. The van der Waals surface area contributed by atoms with Crippen molar-refractivity contribution in [2.24, 2.45) is 0 Å². The quantitative estimate of drug-likeness (QED) is 0.591. The second-order valence-corrected chi connectivity index (χ2v) is 10.0. The Morgan fingerprint density at radius 3 is 2.68 bits per heavy atom. The maximum Gasteiger partial charge on any atom is 0.328 e. The Bertz CT molecular complexity index is 1200. The third-order valence-corrected chi connectivity index (χ3v) is 7.35. The average Bonchev–Trinajstić information content (AvgIpc) is 2.91. The fourth-order valence-electron chi connectivity index (χ4n) is 5.29. The van der Waals surface area contributed by atoms with E-state index < -0.39 is 0 Å². The maximum absolute atomic E-state index is 13.3. The molecule has 3 aliphatic rings. The largest absolute Gasteiger partial charge is 0.396 e. The van der Waals surface area contributed by atoms with Crippen molar-refractivity contribution in [3.8, 4) is 0 Å². The van der Waals surface area contributed by atoms with Crippen molar-refractivity contribution >= 4 is 41.2 Å². The summed E-state index contributed by atoms with van der Waals surface area (Å²) in [5, 5.41) is 2.89. The van der Waals surface area contributed by atoms with Gasteiger partial charge in [-0.05, 0) is 50.8 Å². The fourth-order valence-corrected chi connectivity index (χ4v) is 5.29. The number of nitrogen functional groups attached to an aromatic ring is 1. The first-order valence-corrected chi connectivity index (χ1v) is 13.0. The van der Waals surface area contributed by atoms with E-state index in [9.17, 15) is 14.4 Å². The summed E-state index contributed by atoms with van der Waals surface area (Å²) in [6.07, 6.45) is 7.24. The summed E-state index contributed by atoms with van der Waals surface area (Å²) in [4.78, 5) is 54.2. The van der Waals surface area contributed by atoms with Gasteiger partial charge in [-0.15, -0.1) is 0 Å². The number of hydrogen-bond acceptors (Lipinski definition) is 8. The van der Waals surface area contributed by atoms with Crippen LogP contribution < -0.4 is 20.9 Å². The Morgan fingerprint density at radius 2 is 1.92 bits per heavy atom. The molecule has 2 fully saturated rings. The molecular formula is C26H34N8O3. The molecule has 0 unspecified atom stereocenters. The first-order valence-electron chi connectivity index (χ1n) is 13.0. The standard InChI is InChI=1S/C26H34N8O3/c1-31-10-11-33(24(36)16-31)15-19-12-18-6-5-9-34(25(18)29-21(19)17-35)26(37)30-23-13-22(20(27)14-28-23)32-7-3-2-4-8-32/h12-14,17H,2-11,15-16,27H2,1H3,(H,28,30,37). The molecule has 0 atom stereocenters. The van der Waals surface area contributed by atoms with Crippen LogP contribution in [0.1, 0.15) is 47.3 Å². The molecule has 37 heavy (non-hydrogen) atoms. The zero-order valence-electron chi connectivity index (χ0n) is 21.3. The minimum atomic E-state index is -0.353. The number of anilines is 4. The average molecular weight is 507 g/mol. The number of nitrogens with two attached hydrogens (primary N) is 1. The van der Waals surface area contributed by atoms with Crippen LogP contribution in [0, 0.1) is 0 Å². The number of piperidine rings is 1. The van der Waals surface area contributed by atoms with E-state index in [-0.39, 0.29) is 17.6 Å². The molecule has 0 bridgehead atoms. The summed E-state index contributed by atoms with van der Waals surface area (Å²) in [7, 11) is 1.92. The molecule has 196 valence electrons. The lowest BCUT2D eigenvalue weighted by Gasteiger charge is -2.33. The molecule has 11 heteroatoms. The number of hydrogen-bond donors (Lipinski definition) is 2. The van der Waals surface area contributed by atoms with Crippen LogP contribution in [-0.4, -0.2) is 84.3 Å². The van der Waals surface area contributed by atoms with Crippen LogP contribution >= 0.6 is 0 Å². The number of aldehydes is 1. The smallest absolute Gasteiger partial charge is 0.328 e. The van der Waals surface area contributed by atoms with Gasteiger partial charge in [0.05, 0.1) is 24.1 Å². The number of urea groups is 1. The van der Waals surface area contributed by atoms with E-state index in [4.69, 9.17) is 5.73 Å². The van der Waals surface area contributed by atoms with Crippen molar-refractivity contribution in [3.05, 3.63) is 35.2 Å². The molecule has 11 nitrogen and oxygen atoms in total. The number of rotatable bonds is 5. The molecule has 2 saturated heterocycles. The molecule has 0 aliphatic carbocycles. The van der Waals surface area contributed by atoms with Crippen LogP contribution in [-0.2, 0) is 17.8 Å². The highest BCUT2D eigenvalue weighted by molar-refractivity contribution is 6.02. The number of carbonyl (C=O) groups excluding carboxylic acids is 3. The van der Waals surface area contributed by atoms with Gasteiger partial charge in [0.15, 0.2) is 6.29 Å². The monoisotopic (exact) mass is 506 g/mol. The highest BCUT2D eigenvalue weighted by atomic mass is 16.2. The zero-order valence-corrected chi connectivity index (χ0v) is 21.3. The van der Waals surface area contributed by atoms with Crippen LogP contribution in [0.15, 0.2) is 18.3 Å². The summed E-state index contributed by atoms with van der Waals surface area (Å²) < 4.78 is 0. The van der Waals surface area contributed by atoms with Gasteiger partial charge in [-0.2, -0.15) is 0 Å². The number of aryl methyl sites for hydroxylation is 1. The van der Waals surface area contributed by atoms with E-state index in [0.29, 0.717) is 55.4 Å². The fraction of sp³-hybridized carbons (Fsp3) is 0.500. The second-order valence-electron chi connectivity index (χ2n) is 10.0. The summed E-state index contributed by atoms with van der Waals surface area (Å²) in [6, 6.07) is 3.39. The maximum atomic E-state index is 13.3. The number of aromatic nitrogens is 2. The van der Waals surface area contributed by atoms with E-state index in [1.807, 2.05) is 24.1 Å². The van der Waals surface area contributed by atoms with Crippen LogP contribution in [0.3, 0.4) is 0 Å². The minimum absolute atomic E-state index is 0.0317. The minimum Gasteiger partial charge on any atom is -0.396 e. The van der Waals surface area contributed by atoms with Crippen LogP contribution in [0.5, 0.6) is 0 Å². The molecule has 3 amide bonds. The molecule has 3 aliphatic heterocycles. The summed E-state index contributed by atoms with van der Waals surface area (Å²) in [5.74, 6) is 0.933. The van der Waals surface area contributed by atoms with Crippen LogP contribution in [0.2, 0.25) is 0 Å². The van der Waals surface area contributed by atoms with Gasteiger partial charge in [0.2, 0.25) is 5.91 Å². The number of nitrogens with one attached hydrogen (secondary N) is 1. The van der Waals surface area contributed by atoms with Crippen LogP contribution in [0.4, 0.5) is 27.8 Å². The van der Waals surface area contributed by atoms with Crippen molar-refractivity contribution < 1.29 is 14.4 Å². The van der Waals surface area contributed by atoms with Gasteiger partial charge in [-0.25, -0.2) is 14.8 Å². The first kappa shape index (κ1) is 24.9. The Morgan fingerprint density at radius 1 is 1.11 bits per heavy atom. The lowest BCUT2D eigenvalue weighted by molar-refractivity contribution is -0.136. The molecule has 3 N–H and O–H groups in total. The van der Waals surface area contributed by atoms with Crippen molar-refractivity contribution in [2.75, 3.05) is 67.2 Å². The molecule has 0 spiro atoms. The highest BCUT2D eigenvalue weighted by Crippen LogP contribution is 2.30. The lowest BCUT2D eigenvalue weighted by Crippen LogP contribution is -2.48. The molecule has 5 rings (SSSR count). The van der Waals surface area contributed by atoms with E-state index >= 15 is 0 Å². The van der Waals surface area contributed by atoms with E-state index in [0.717, 1.165) is 56.6 Å². The van der Waals surface area contributed by atoms with E-state index in [1.54, 1.807) is 16.0 Å². The molecule has 2 aromatic rings. The normalized spacial score (nSPS) is 18.5. The topological polar surface area (TPSA) is 128 Å². The number of amides is 3. The number of piperazine rings is 1. The predicted molar refractivity (Wildman–Crippen MR) is 142 cm³/mol. The van der Waals surface area contributed by atoms with Crippen molar-refractivity contribution in [2.45, 2.75) is 38.6 Å². The van der Waals surface area contributed by atoms with Crippen molar-refractivity contribution in [3.63, 3.8) is 0 Å². The lowest BCUT2D eigenvalue weighted by atomic mass is 10.0. The number of carbonyl (C=O) groups is 3. The van der Waals surface area contributed by atoms with Crippen LogP contribution in [0.25, 0.3) is 0 Å². The molecule has 2 aromatic heterocycles. The Balaban J connectivity index is 1.35. The van der Waals surface area contributed by atoms with E-state index in [2.05, 4.69) is 20.2 Å². The molecule has 5 heterocycles. The summed E-state index contributed by atoms with van der Waals surface area (Å²) >= 11 is 0. The first-order chi connectivity index (χ1) is 17.9. The predicted octanol–water partition coefficient (Wildman–Crippen LogP) is 2.12. The second kappa shape index (κ2) is 10.7. The van der Waals surface area contributed by atoms with Gasteiger partial charge in [0, 0.05) is 50.9 Å². The van der Waals surface area contributed by atoms with Gasteiger partial charge >= 0.3 is 6.03 Å². The molecule has 0 saturated carbocycles. The Hall–Kier alpha value is -3.73. The van der Waals surface area contributed by atoms with Gasteiger partial charge in [-0.3, -0.25) is 24.7 Å². The molecular weight excluding hydrogens is 472 g/mol. The third kappa shape index (κ3) is 5.36. The third-order valence-electron chi connectivity index (χ3n) is 7.35. The van der Waals surface area contributed by atoms with Gasteiger partial charge in [0.1, 0.15) is 17.3 Å². The van der Waals surface area contributed by atoms with Crippen molar-refractivity contribution in [1.82, 2.24) is 19.8 Å². The Labute approximate surface area is 216 Å². The Kier molecular flexibility index (Phi) is 7.22. The number of nitrogens with zero attached hydrogens (tertiary/aromatic N) is 6. The number of pyridine rings is 2. The van der Waals surface area contributed by atoms with Gasteiger partial charge < -0.3 is 15.5 Å². The highest BCUT2D eigenvalue weighted by Gasteiger charge is 2.28. The van der Waals surface area contributed by atoms with Gasteiger partial charge in [0.25, 0.3) is 0 Å². The van der Waals surface area contributed by atoms with E-state index in [1.165, 1.54) is 6.42 Å². The molecule has 0 aromatic carbocycles.